The first kappa shape index (κ1) is 13.0. The summed E-state index contributed by atoms with van der Waals surface area (Å²) in [5.41, 5.74) is 5.79. The molecule has 0 bridgehead atoms. The Morgan fingerprint density at radius 1 is 1.13 bits per heavy atom. The smallest absolute Gasteiger partial charge is 0.0218 e. The van der Waals surface area contributed by atoms with Gasteiger partial charge in [-0.1, -0.05) is 27.7 Å². The average Bonchev–Trinajstić information content (AvgIpc) is 2.94. The van der Waals surface area contributed by atoms with E-state index in [-0.39, 0.29) is 0 Å². The Morgan fingerprint density at radius 2 is 1.67 bits per heavy atom. The lowest BCUT2D eigenvalue weighted by atomic mass is 9.85. The summed E-state index contributed by atoms with van der Waals surface area (Å²) in [5.74, 6) is 3.16. The Bertz CT molecular complexity index is 165. The van der Waals surface area contributed by atoms with Gasteiger partial charge < -0.3 is 11.1 Å². The molecule has 3 N–H and O–H groups in total. The molecule has 90 valence electrons. The molecule has 0 saturated heterocycles. The van der Waals surface area contributed by atoms with Crippen molar-refractivity contribution in [1.82, 2.24) is 5.32 Å². The summed E-state index contributed by atoms with van der Waals surface area (Å²) < 4.78 is 0. The van der Waals surface area contributed by atoms with E-state index in [1.807, 2.05) is 0 Å². The van der Waals surface area contributed by atoms with Crippen molar-refractivity contribution in [3.63, 3.8) is 0 Å². The fourth-order valence-electron chi connectivity index (χ4n) is 2.47. The molecule has 1 rings (SSSR count). The zero-order valence-corrected chi connectivity index (χ0v) is 10.8. The van der Waals surface area contributed by atoms with E-state index in [2.05, 4.69) is 33.0 Å². The molecule has 1 saturated carbocycles. The molecule has 0 radical (unpaired) electrons. The van der Waals surface area contributed by atoms with Gasteiger partial charge in [0.25, 0.3) is 0 Å². The maximum atomic E-state index is 5.79. The van der Waals surface area contributed by atoms with E-state index >= 15 is 0 Å². The van der Waals surface area contributed by atoms with E-state index < -0.39 is 0 Å². The molecule has 0 spiro atoms. The zero-order valence-electron chi connectivity index (χ0n) is 10.8. The second kappa shape index (κ2) is 5.86. The number of nitrogens with two attached hydrogens (primary N) is 1. The molecule has 0 aromatic carbocycles. The van der Waals surface area contributed by atoms with Crippen molar-refractivity contribution >= 4 is 0 Å². The molecule has 0 amide bonds. The van der Waals surface area contributed by atoms with Crippen molar-refractivity contribution in [2.45, 2.75) is 46.6 Å². The summed E-state index contributed by atoms with van der Waals surface area (Å²) in [6, 6.07) is 0.574. The van der Waals surface area contributed by atoms with Gasteiger partial charge in [-0.15, -0.1) is 0 Å². The van der Waals surface area contributed by atoms with E-state index in [0.29, 0.717) is 6.04 Å². The fraction of sp³-hybridized carbons (Fsp3) is 1.00. The van der Waals surface area contributed by atoms with Crippen molar-refractivity contribution < 1.29 is 0 Å². The molecule has 1 unspecified atom stereocenters. The lowest BCUT2D eigenvalue weighted by Crippen LogP contribution is -2.42. The highest BCUT2D eigenvalue weighted by Gasteiger charge is 2.30. The maximum absolute atomic E-state index is 5.79. The van der Waals surface area contributed by atoms with E-state index in [9.17, 15) is 0 Å². The van der Waals surface area contributed by atoms with Crippen molar-refractivity contribution in [2.24, 2.45) is 29.4 Å². The highest BCUT2D eigenvalue weighted by molar-refractivity contribution is 4.87. The van der Waals surface area contributed by atoms with Crippen LogP contribution in [-0.2, 0) is 0 Å². The SMILES string of the molecule is CC(C)C(CNC(CN)C1CC1)C(C)C. The Balaban J connectivity index is 2.31. The maximum Gasteiger partial charge on any atom is 0.0218 e. The summed E-state index contributed by atoms with van der Waals surface area (Å²) in [5, 5.41) is 3.67. The number of rotatable bonds is 7. The summed E-state index contributed by atoms with van der Waals surface area (Å²) in [7, 11) is 0. The molecule has 1 aliphatic carbocycles. The molecule has 0 heterocycles. The van der Waals surface area contributed by atoms with Gasteiger partial charge in [0.05, 0.1) is 0 Å². The van der Waals surface area contributed by atoms with Gasteiger partial charge in [-0.2, -0.15) is 0 Å². The molecule has 0 aromatic rings. The number of nitrogens with one attached hydrogen (secondary N) is 1. The van der Waals surface area contributed by atoms with Crippen LogP contribution in [0.2, 0.25) is 0 Å². The predicted octanol–water partition coefficient (Wildman–Crippen LogP) is 2.24. The van der Waals surface area contributed by atoms with Gasteiger partial charge >= 0.3 is 0 Å². The van der Waals surface area contributed by atoms with Crippen LogP contribution in [-0.4, -0.2) is 19.1 Å². The molecular weight excluding hydrogens is 184 g/mol. The van der Waals surface area contributed by atoms with Crippen LogP contribution in [0.4, 0.5) is 0 Å². The molecule has 2 nitrogen and oxygen atoms in total. The Labute approximate surface area is 95.0 Å². The van der Waals surface area contributed by atoms with Crippen molar-refractivity contribution in [3.05, 3.63) is 0 Å². The zero-order chi connectivity index (χ0) is 11.4. The molecule has 0 aliphatic heterocycles. The van der Waals surface area contributed by atoms with Gasteiger partial charge in [-0.25, -0.2) is 0 Å². The minimum absolute atomic E-state index is 0.574. The van der Waals surface area contributed by atoms with Gasteiger partial charge in [-0.3, -0.25) is 0 Å². The minimum Gasteiger partial charge on any atom is -0.329 e. The Kier molecular flexibility index (Phi) is 5.07. The van der Waals surface area contributed by atoms with Gasteiger partial charge in [-0.05, 0) is 43.1 Å². The van der Waals surface area contributed by atoms with E-state index in [1.54, 1.807) is 0 Å². The highest BCUT2D eigenvalue weighted by Crippen LogP contribution is 2.32. The summed E-state index contributed by atoms with van der Waals surface area (Å²) >= 11 is 0. The lowest BCUT2D eigenvalue weighted by molar-refractivity contribution is 0.261. The van der Waals surface area contributed by atoms with Gasteiger partial charge in [0.1, 0.15) is 0 Å². The minimum atomic E-state index is 0.574. The molecular formula is C13H28N2. The molecule has 15 heavy (non-hydrogen) atoms. The van der Waals surface area contributed by atoms with Crippen LogP contribution in [0.15, 0.2) is 0 Å². The van der Waals surface area contributed by atoms with Crippen LogP contribution in [0.1, 0.15) is 40.5 Å². The topological polar surface area (TPSA) is 38.0 Å². The van der Waals surface area contributed by atoms with Crippen molar-refractivity contribution in [2.75, 3.05) is 13.1 Å². The molecule has 0 aromatic heterocycles. The van der Waals surface area contributed by atoms with Crippen LogP contribution >= 0.6 is 0 Å². The van der Waals surface area contributed by atoms with Gasteiger partial charge in [0, 0.05) is 12.6 Å². The third kappa shape index (κ3) is 4.12. The van der Waals surface area contributed by atoms with E-state index in [0.717, 1.165) is 36.8 Å². The van der Waals surface area contributed by atoms with E-state index in [1.165, 1.54) is 12.8 Å². The van der Waals surface area contributed by atoms with Crippen molar-refractivity contribution in [3.8, 4) is 0 Å². The summed E-state index contributed by atoms with van der Waals surface area (Å²) in [6.07, 6.45) is 2.76. The van der Waals surface area contributed by atoms with Crippen LogP contribution in [0, 0.1) is 23.7 Å². The van der Waals surface area contributed by atoms with E-state index in [4.69, 9.17) is 5.73 Å². The molecule has 2 heteroatoms. The normalized spacial score (nSPS) is 19.2. The largest absolute Gasteiger partial charge is 0.329 e. The number of hydrogen-bond acceptors (Lipinski definition) is 2. The third-order valence-corrected chi connectivity index (χ3v) is 3.77. The second-order valence-electron chi connectivity index (χ2n) is 5.74. The second-order valence-corrected chi connectivity index (χ2v) is 5.74. The quantitative estimate of drug-likeness (QED) is 0.679. The first-order valence-electron chi connectivity index (χ1n) is 6.49. The lowest BCUT2D eigenvalue weighted by Gasteiger charge is -2.27. The molecule has 1 fully saturated rings. The monoisotopic (exact) mass is 212 g/mol. The first-order valence-corrected chi connectivity index (χ1v) is 6.49. The molecule has 1 atom stereocenters. The Hall–Kier alpha value is -0.0800. The summed E-state index contributed by atoms with van der Waals surface area (Å²) in [4.78, 5) is 0. The van der Waals surface area contributed by atoms with Gasteiger partial charge in [0.15, 0.2) is 0 Å². The summed E-state index contributed by atoms with van der Waals surface area (Å²) in [6.45, 7) is 11.2. The third-order valence-electron chi connectivity index (χ3n) is 3.77. The standard InChI is InChI=1S/C13H28N2/c1-9(2)12(10(3)4)8-15-13(7-14)11-5-6-11/h9-13,15H,5-8,14H2,1-4H3. The van der Waals surface area contributed by atoms with Crippen LogP contribution in [0.5, 0.6) is 0 Å². The van der Waals surface area contributed by atoms with Gasteiger partial charge in [0.2, 0.25) is 0 Å². The van der Waals surface area contributed by atoms with Crippen molar-refractivity contribution in [1.29, 1.82) is 0 Å². The van der Waals surface area contributed by atoms with Crippen LogP contribution in [0.3, 0.4) is 0 Å². The fourth-order valence-corrected chi connectivity index (χ4v) is 2.47. The average molecular weight is 212 g/mol. The van der Waals surface area contributed by atoms with Crippen LogP contribution < -0.4 is 11.1 Å². The number of hydrogen-bond donors (Lipinski definition) is 2. The predicted molar refractivity (Wildman–Crippen MR) is 66.7 cm³/mol. The Morgan fingerprint density at radius 3 is 2.00 bits per heavy atom. The highest BCUT2D eigenvalue weighted by atomic mass is 15.0. The van der Waals surface area contributed by atoms with Crippen LogP contribution in [0.25, 0.3) is 0 Å². The molecule has 1 aliphatic rings. The first-order chi connectivity index (χ1) is 7.06.